The summed E-state index contributed by atoms with van der Waals surface area (Å²) in [6.45, 7) is 1.78. The Labute approximate surface area is 130 Å². The van der Waals surface area contributed by atoms with Crippen LogP contribution in [0.5, 0.6) is 0 Å². The monoisotopic (exact) mass is 372 g/mol. The van der Waals surface area contributed by atoms with Gasteiger partial charge in [-0.15, -0.1) is 0 Å². The van der Waals surface area contributed by atoms with Gasteiger partial charge in [-0.25, -0.2) is 13.6 Å². The highest BCUT2D eigenvalue weighted by Crippen LogP contribution is 2.18. The van der Waals surface area contributed by atoms with Gasteiger partial charge in [-0.1, -0.05) is 12.1 Å². The van der Waals surface area contributed by atoms with Crippen LogP contribution in [0.1, 0.15) is 29.1 Å². The van der Waals surface area contributed by atoms with Crippen molar-refractivity contribution in [1.82, 2.24) is 5.32 Å². The maximum Gasteiger partial charge on any atom is 0.287 e. The summed E-state index contributed by atoms with van der Waals surface area (Å²) < 4.78 is 28.0. The molecule has 1 aromatic heterocycles. The molecule has 2 rings (SSSR count). The van der Waals surface area contributed by atoms with Crippen molar-refractivity contribution >= 4 is 31.9 Å². The molecule has 0 bridgehead atoms. The minimum Gasteiger partial charge on any atom is -0.444 e. The van der Waals surface area contributed by atoms with Gasteiger partial charge in [0.05, 0.1) is 10.9 Å². The minimum absolute atomic E-state index is 0.0275. The molecule has 6 nitrogen and oxygen atoms in total. The lowest BCUT2D eigenvalue weighted by Gasteiger charge is -2.13. The van der Waals surface area contributed by atoms with Crippen molar-refractivity contribution in [3.63, 3.8) is 0 Å². The van der Waals surface area contributed by atoms with Gasteiger partial charge in [0.25, 0.3) is 5.91 Å². The van der Waals surface area contributed by atoms with Crippen LogP contribution in [0.15, 0.2) is 50.4 Å². The average Bonchev–Trinajstić information content (AvgIpc) is 2.84. The topological polar surface area (TPSA) is 102 Å². The molecule has 2 aromatic rings. The number of furan rings is 1. The number of nitrogens with two attached hydrogens (primary N) is 1. The molecule has 1 heterocycles. The number of halogens is 1. The maximum atomic E-state index is 11.9. The lowest BCUT2D eigenvalue weighted by atomic mass is 10.1. The summed E-state index contributed by atoms with van der Waals surface area (Å²) in [7, 11) is -3.72. The highest BCUT2D eigenvalue weighted by atomic mass is 79.9. The summed E-state index contributed by atoms with van der Waals surface area (Å²) in [6.07, 6.45) is 0. The molecule has 0 radical (unpaired) electrons. The van der Waals surface area contributed by atoms with E-state index in [1.165, 1.54) is 12.1 Å². The number of sulfonamides is 1. The molecule has 0 saturated heterocycles. The Morgan fingerprint density at radius 3 is 2.33 bits per heavy atom. The van der Waals surface area contributed by atoms with Crippen LogP contribution < -0.4 is 10.5 Å². The standard InChI is InChI=1S/C13H13BrN2O4S/c1-8(16-13(17)11-6-7-12(14)20-11)9-2-4-10(5-3-9)21(15,18)19/h2-8H,1H3,(H,16,17)(H2,15,18,19)/t8-/m1/s1. The van der Waals surface area contributed by atoms with Gasteiger partial charge in [0, 0.05) is 0 Å². The molecule has 112 valence electrons. The first-order valence-electron chi connectivity index (χ1n) is 5.96. The molecular weight excluding hydrogens is 360 g/mol. The van der Waals surface area contributed by atoms with E-state index in [9.17, 15) is 13.2 Å². The van der Waals surface area contributed by atoms with Crippen LogP contribution >= 0.6 is 15.9 Å². The molecule has 0 fully saturated rings. The Kier molecular flexibility index (Phi) is 4.50. The molecule has 0 unspecified atom stereocenters. The zero-order valence-electron chi connectivity index (χ0n) is 11.0. The fourth-order valence-electron chi connectivity index (χ4n) is 1.73. The summed E-state index contributed by atoms with van der Waals surface area (Å²) in [4.78, 5) is 12.0. The van der Waals surface area contributed by atoms with E-state index in [1.54, 1.807) is 31.2 Å². The summed E-state index contributed by atoms with van der Waals surface area (Å²) in [5.41, 5.74) is 0.751. The highest BCUT2D eigenvalue weighted by Gasteiger charge is 2.15. The van der Waals surface area contributed by atoms with Crippen LogP contribution in [0.25, 0.3) is 0 Å². The molecule has 21 heavy (non-hydrogen) atoms. The molecule has 1 atom stereocenters. The quantitative estimate of drug-likeness (QED) is 0.858. The van der Waals surface area contributed by atoms with E-state index in [0.29, 0.717) is 4.67 Å². The fraction of sp³-hybridized carbons (Fsp3) is 0.154. The Morgan fingerprint density at radius 2 is 1.86 bits per heavy atom. The van der Waals surface area contributed by atoms with E-state index in [2.05, 4.69) is 21.2 Å². The third-order valence-corrected chi connectivity index (χ3v) is 4.21. The molecule has 0 spiro atoms. The van der Waals surface area contributed by atoms with Crippen LogP contribution in [-0.4, -0.2) is 14.3 Å². The number of rotatable bonds is 4. The van der Waals surface area contributed by atoms with Crippen LogP contribution in [0.4, 0.5) is 0 Å². The van der Waals surface area contributed by atoms with Crippen LogP contribution in [0, 0.1) is 0 Å². The predicted octanol–water partition coefficient (Wildman–Crippen LogP) is 2.18. The Morgan fingerprint density at radius 1 is 1.24 bits per heavy atom. The molecule has 0 aliphatic heterocycles. The Hall–Kier alpha value is -1.64. The number of benzene rings is 1. The van der Waals surface area contributed by atoms with Gasteiger partial charge in [0.2, 0.25) is 10.0 Å². The Bertz CT molecular complexity index is 753. The predicted molar refractivity (Wildman–Crippen MR) is 80.1 cm³/mol. The molecule has 0 aliphatic carbocycles. The highest BCUT2D eigenvalue weighted by molar-refractivity contribution is 9.10. The number of carbonyl (C=O) groups is 1. The van der Waals surface area contributed by atoms with Crippen molar-refractivity contribution in [2.45, 2.75) is 17.9 Å². The fourth-order valence-corrected chi connectivity index (χ4v) is 2.56. The first-order valence-corrected chi connectivity index (χ1v) is 8.30. The van der Waals surface area contributed by atoms with Crippen molar-refractivity contribution in [1.29, 1.82) is 0 Å². The largest absolute Gasteiger partial charge is 0.444 e. The van der Waals surface area contributed by atoms with Gasteiger partial charge in [0.1, 0.15) is 0 Å². The zero-order chi connectivity index (χ0) is 15.6. The normalized spacial score (nSPS) is 12.9. The van der Waals surface area contributed by atoms with Crippen LogP contribution in [0.2, 0.25) is 0 Å². The smallest absolute Gasteiger partial charge is 0.287 e. The van der Waals surface area contributed by atoms with Gasteiger partial charge >= 0.3 is 0 Å². The van der Waals surface area contributed by atoms with Crippen LogP contribution in [-0.2, 0) is 10.0 Å². The lowest BCUT2D eigenvalue weighted by Crippen LogP contribution is -2.26. The first kappa shape index (κ1) is 15.7. The molecule has 0 saturated carbocycles. The number of carbonyl (C=O) groups excluding carboxylic acids is 1. The third-order valence-electron chi connectivity index (χ3n) is 2.85. The van der Waals surface area contributed by atoms with Crippen molar-refractivity contribution in [3.8, 4) is 0 Å². The molecule has 3 N–H and O–H groups in total. The SMILES string of the molecule is C[C@@H](NC(=O)c1ccc(Br)o1)c1ccc(S(N)(=O)=O)cc1. The molecule has 1 amide bonds. The van der Waals surface area contributed by atoms with Crippen LogP contribution in [0.3, 0.4) is 0 Å². The van der Waals surface area contributed by atoms with E-state index in [-0.39, 0.29) is 22.6 Å². The number of nitrogens with one attached hydrogen (secondary N) is 1. The minimum atomic E-state index is -3.72. The van der Waals surface area contributed by atoms with Gasteiger partial charge in [-0.05, 0) is 52.7 Å². The second-order valence-electron chi connectivity index (χ2n) is 4.41. The maximum absolute atomic E-state index is 11.9. The van der Waals surface area contributed by atoms with Crippen molar-refractivity contribution in [2.75, 3.05) is 0 Å². The number of primary sulfonamides is 1. The molecule has 0 aliphatic rings. The molecular formula is C13H13BrN2O4S. The molecule has 8 heteroatoms. The number of hydrogen-bond acceptors (Lipinski definition) is 4. The van der Waals surface area contributed by atoms with Gasteiger partial charge in [0.15, 0.2) is 10.4 Å². The van der Waals surface area contributed by atoms with E-state index < -0.39 is 10.0 Å². The van der Waals surface area contributed by atoms with E-state index >= 15 is 0 Å². The van der Waals surface area contributed by atoms with E-state index in [4.69, 9.17) is 9.56 Å². The van der Waals surface area contributed by atoms with Crippen molar-refractivity contribution in [2.24, 2.45) is 5.14 Å². The lowest BCUT2D eigenvalue weighted by molar-refractivity contribution is 0.0910. The first-order chi connectivity index (χ1) is 9.77. The molecule has 1 aromatic carbocycles. The summed E-state index contributed by atoms with van der Waals surface area (Å²) in [5.74, 6) is -0.168. The second-order valence-corrected chi connectivity index (χ2v) is 6.76. The average molecular weight is 373 g/mol. The van der Waals surface area contributed by atoms with Gasteiger partial charge < -0.3 is 9.73 Å². The third kappa shape index (κ3) is 3.93. The van der Waals surface area contributed by atoms with Crippen molar-refractivity contribution < 1.29 is 17.6 Å². The summed E-state index contributed by atoms with van der Waals surface area (Å²) >= 11 is 3.12. The number of hydrogen-bond donors (Lipinski definition) is 2. The second kappa shape index (κ2) is 6.00. The van der Waals surface area contributed by atoms with E-state index in [0.717, 1.165) is 5.56 Å². The van der Waals surface area contributed by atoms with Gasteiger partial charge in [-0.3, -0.25) is 4.79 Å². The van der Waals surface area contributed by atoms with Gasteiger partial charge in [-0.2, -0.15) is 0 Å². The Balaban J connectivity index is 2.10. The van der Waals surface area contributed by atoms with E-state index in [1.807, 2.05) is 0 Å². The zero-order valence-corrected chi connectivity index (χ0v) is 13.4. The van der Waals surface area contributed by atoms with Crippen molar-refractivity contribution in [3.05, 3.63) is 52.4 Å². The number of amides is 1. The summed E-state index contributed by atoms with van der Waals surface area (Å²) in [5, 5.41) is 7.78. The summed E-state index contributed by atoms with van der Waals surface area (Å²) in [6, 6.07) is 8.87.